The molecule has 0 unspecified atom stereocenters. The molecule has 0 fully saturated rings. The summed E-state index contributed by atoms with van der Waals surface area (Å²) in [5.74, 6) is 0.707. The molecule has 0 aliphatic heterocycles. The van der Waals surface area contributed by atoms with Crippen LogP contribution in [-0.4, -0.2) is 10.1 Å². The molecule has 3 nitrogen and oxygen atoms in total. The monoisotopic (exact) mass is 276 g/mol. The number of phenols is 1. The minimum absolute atomic E-state index is 0.232. The molecule has 2 rings (SSSR count). The lowest BCUT2D eigenvalue weighted by Crippen LogP contribution is -2.04. The number of pyridine rings is 1. The third kappa shape index (κ3) is 3.18. The molecule has 0 saturated carbocycles. The van der Waals surface area contributed by atoms with E-state index in [2.05, 4.69) is 18.8 Å². The topological polar surface area (TPSA) is 36.4 Å². The molecular weight excluding hydrogens is 260 g/mol. The van der Waals surface area contributed by atoms with Gasteiger partial charge in [0.25, 0.3) is 0 Å². The fraction of sp³-hybridized carbons (Fsp3) is 0.267. The first-order chi connectivity index (χ1) is 9.09. The van der Waals surface area contributed by atoms with Crippen molar-refractivity contribution in [2.75, 3.05) is 4.42 Å². The van der Waals surface area contributed by atoms with Gasteiger partial charge in [0.2, 0.25) is 0 Å². The third-order valence-corrected chi connectivity index (χ3v) is 3.19. The fourth-order valence-electron chi connectivity index (χ4n) is 1.95. The summed E-state index contributed by atoms with van der Waals surface area (Å²) in [6.45, 7) is 4.23. The highest BCUT2D eigenvalue weighted by Gasteiger charge is 2.14. The normalized spacial score (nSPS) is 10.7. The van der Waals surface area contributed by atoms with Crippen LogP contribution in [0.2, 0.25) is 0 Å². The summed E-state index contributed by atoms with van der Waals surface area (Å²) in [7, 11) is 0. The van der Waals surface area contributed by atoms with Crippen molar-refractivity contribution in [3.63, 3.8) is 0 Å². The minimum Gasteiger partial charge on any atom is -0.505 e. The quantitative estimate of drug-likeness (QED) is 0.847. The lowest BCUT2D eigenvalue weighted by atomic mass is 10.0. The van der Waals surface area contributed by atoms with Gasteiger partial charge in [0.1, 0.15) is 11.4 Å². The Labute approximate surface area is 118 Å². The Hall–Kier alpha value is -1.74. The zero-order chi connectivity index (χ0) is 13.8. The summed E-state index contributed by atoms with van der Waals surface area (Å²) in [4.78, 5) is 4.02. The van der Waals surface area contributed by atoms with Crippen molar-refractivity contribution in [2.45, 2.75) is 20.3 Å². The van der Waals surface area contributed by atoms with Gasteiger partial charge in [-0.3, -0.25) is 4.98 Å². The second kappa shape index (κ2) is 5.93. The molecule has 2 aromatic rings. The van der Waals surface area contributed by atoms with Crippen LogP contribution >= 0.6 is 11.8 Å². The Balaban J connectivity index is 2.35. The number of para-hydroxylation sites is 1. The number of hydrogen-bond acceptors (Lipinski definition) is 3. The van der Waals surface area contributed by atoms with Crippen molar-refractivity contribution in [1.29, 1.82) is 0 Å². The molecule has 19 heavy (non-hydrogen) atoms. The molecule has 0 radical (unpaired) electrons. The number of benzene rings is 1. The Kier molecular flexibility index (Phi) is 4.27. The Morgan fingerprint density at radius 3 is 2.68 bits per heavy atom. The summed E-state index contributed by atoms with van der Waals surface area (Å²) in [5.41, 5.74) is 2.20. The zero-order valence-corrected chi connectivity index (χ0v) is 11.8. The van der Waals surface area contributed by atoms with Gasteiger partial charge in [-0.25, -0.2) is 4.42 Å². The Bertz CT molecular complexity index is 543. The van der Waals surface area contributed by atoms with Crippen LogP contribution in [0.4, 0.5) is 11.4 Å². The van der Waals surface area contributed by atoms with Crippen molar-refractivity contribution < 1.29 is 5.11 Å². The van der Waals surface area contributed by atoms with E-state index in [0.717, 1.165) is 17.7 Å². The molecular formula is C15H17ClN2O. The highest BCUT2D eigenvalue weighted by molar-refractivity contribution is 6.29. The molecule has 0 bridgehead atoms. The third-order valence-electron chi connectivity index (χ3n) is 2.81. The van der Waals surface area contributed by atoms with E-state index < -0.39 is 0 Å². The molecule has 0 spiro atoms. The van der Waals surface area contributed by atoms with Gasteiger partial charge in [-0.05, 0) is 36.1 Å². The number of aromatic nitrogens is 1. The van der Waals surface area contributed by atoms with Gasteiger partial charge in [-0.15, -0.1) is 0 Å². The number of hydrogen-bond donors (Lipinski definition) is 1. The molecule has 100 valence electrons. The van der Waals surface area contributed by atoms with E-state index in [0.29, 0.717) is 11.6 Å². The predicted molar refractivity (Wildman–Crippen MR) is 78.9 cm³/mol. The number of rotatable bonds is 4. The highest BCUT2D eigenvalue weighted by atomic mass is 35.5. The maximum atomic E-state index is 10.3. The average molecular weight is 277 g/mol. The Morgan fingerprint density at radius 2 is 2.05 bits per heavy atom. The van der Waals surface area contributed by atoms with Crippen LogP contribution in [0.1, 0.15) is 19.4 Å². The number of halogens is 1. The average Bonchev–Trinajstić information content (AvgIpc) is 2.41. The molecule has 1 N–H and O–H groups in total. The largest absolute Gasteiger partial charge is 0.505 e. The summed E-state index contributed by atoms with van der Waals surface area (Å²) in [6.07, 6.45) is 4.16. The molecule has 0 aliphatic rings. The summed E-state index contributed by atoms with van der Waals surface area (Å²) < 4.78 is 1.42. The van der Waals surface area contributed by atoms with E-state index in [9.17, 15) is 5.11 Å². The second-order valence-electron chi connectivity index (χ2n) is 4.87. The number of anilines is 2. The molecule has 1 aromatic carbocycles. The maximum Gasteiger partial charge on any atom is 0.143 e. The van der Waals surface area contributed by atoms with Gasteiger partial charge >= 0.3 is 0 Å². The van der Waals surface area contributed by atoms with E-state index in [4.69, 9.17) is 11.8 Å². The lowest BCUT2D eigenvalue weighted by Gasteiger charge is -2.19. The molecule has 0 saturated heterocycles. The molecule has 0 aliphatic carbocycles. The van der Waals surface area contributed by atoms with Gasteiger partial charge in [0, 0.05) is 18.0 Å². The van der Waals surface area contributed by atoms with Gasteiger partial charge in [-0.1, -0.05) is 26.0 Å². The number of nitrogens with zero attached hydrogens (tertiary/aromatic N) is 2. The molecule has 4 heteroatoms. The van der Waals surface area contributed by atoms with Crippen LogP contribution in [0.15, 0.2) is 42.7 Å². The lowest BCUT2D eigenvalue weighted by molar-refractivity contribution is 0.464. The summed E-state index contributed by atoms with van der Waals surface area (Å²) in [6, 6.07) is 9.26. The summed E-state index contributed by atoms with van der Waals surface area (Å²) in [5, 5.41) is 10.3. The van der Waals surface area contributed by atoms with E-state index >= 15 is 0 Å². The predicted octanol–water partition coefficient (Wildman–Crippen LogP) is 4.28. The van der Waals surface area contributed by atoms with E-state index in [-0.39, 0.29) is 5.75 Å². The fourth-order valence-corrected chi connectivity index (χ4v) is 2.19. The van der Waals surface area contributed by atoms with Gasteiger partial charge in [-0.2, -0.15) is 0 Å². The number of phenolic OH excluding ortho intramolecular Hbond substituents is 1. The maximum absolute atomic E-state index is 10.3. The van der Waals surface area contributed by atoms with Crippen LogP contribution in [0.5, 0.6) is 5.75 Å². The van der Waals surface area contributed by atoms with Crippen LogP contribution in [0.3, 0.4) is 0 Å². The van der Waals surface area contributed by atoms with Gasteiger partial charge in [0.15, 0.2) is 0 Å². The SMILES string of the molecule is CC(C)Cc1cccc(N(Cl)c2cccnc2)c1O. The zero-order valence-electron chi connectivity index (χ0n) is 11.0. The van der Waals surface area contributed by atoms with E-state index in [1.54, 1.807) is 24.5 Å². The Morgan fingerprint density at radius 1 is 1.26 bits per heavy atom. The van der Waals surface area contributed by atoms with Gasteiger partial charge < -0.3 is 5.11 Å². The van der Waals surface area contributed by atoms with Crippen molar-refractivity contribution in [1.82, 2.24) is 4.98 Å². The molecule has 0 amide bonds. The van der Waals surface area contributed by atoms with Crippen LogP contribution < -0.4 is 4.42 Å². The van der Waals surface area contributed by atoms with Crippen molar-refractivity contribution in [3.8, 4) is 5.75 Å². The van der Waals surface area contributed by atoms with Crippen molar-refractivity contribution in [3.05, 3.63) is 48.3 Å². The number of aromatic hydroxyl groups is 1. The minimum atomic E-state index is 0.232. The van der Waals surface area contributed by atoms with E-state index in [1.807, 2.05) is 18.2 Å². The van der Waals surface area contributed by atoms with E-state index in [1.165, 1.54) is 4.42 Å². The second-order valence-corrected chi connectivity index (χ2v) is 5.21. The van der Waals surface area contributed by atoms with Crippen molar-refractivity contribution >= 4 is 23.2 Å². The standard InChI is InChI=1S/C15H17ClN2O/c1-11(2)9-12-5-3-7-14(15(12)19)18(16)13-6-4-8-17-10-13/h3-8,10-11,19H,9H2,1-2H3. The first-order valence-electron chi connectivity index (χ1n) is 6.26. The molecule has 1 heterocycles. The van der Waals surface area contributed by atoms with Crippen LogP contribution in [0.25, 0.3) is 0 Å². The molecule has 0 atom stereocenters. The first-order valence-corrected chi connectivity index (χ1v) is 6.60. The van der Waals surface area contributed by atoms with Crippen LogP contribution in [-0.2, 0) is 6.42 Å². The van der Waals surface area contributed by atoms with Crippen LogP contribution in [0, 0.1) is 5.92 Å². The van der Waals surface area contributed by atoms with Gasteiger partial charge in [0.05, 0.1) is 11.9 Å². The highest BCUT2D eigenvalue weighted by Crippen LogP contribution is 2.37. The smallest absolute Gasteiger partial charge is 0.143 e. The molecule has 1 aromatic heterocycles. The van der Waals surface area contributed by atoms with Crippen molar-refractivity contribution in [2.24, 2.45) is 5.92 Å². The first kappa shape index (κ1) is 13.7. The summed E-state index contributed by atoms with van der Waals surface area (Å²) >= 11 is 6.28.